The number of ether oxygens (including phenoxy) is 1. The molecule has 2 heteroatoms. The molecule has 0 aliphatic heterocycles. The normalized spacial score (nSPS) is 11.9. The van der Waals surface area contributed by atoms with Crippen molar-refractivity contribution in [3.8, 4) is 11.8 Å². The molecule has 0 amide bonds. The molecule has 1 unspecified atom stereocenters. The number of aryl methyl sites for hydroxylation is 2. The molecular weight excluding hydrogens is 294 g/mol. The average Bonchev–Trinajstić information content (AvgIpc) is 2.61. The molecule has 1 atom stereocenters. The van der Waals surface area contributed by atoms with Crippen molar-refractivity contribution in [1.82, 2.24) is 0 Å². The highest BCUT2D eigenvalue weighted by Crippen LogP contribution is 2.28. The highest BCUT2D eigenvalue weighted by molar-refractivity contribution is 5.86. The van der Waals surface area contributed by atoms with Crippen LogP contribution < -0.4 is 4.74 Å². The number of nitriles is 1. The molecule has 24 heavy (non-hydrogen) atoms. The van der Waals surface area contributed by atoms with Crippen molar-refractivity contribution in [1.29, 1.82) is 5.26 Å². The topological polar surface area (TPSA) is 33.0 Å². The van der Waals surface area contributed by atoms with Crippen LogP contribution in [0.3, 0.4) is 0 Å². The van der Waals surface area contributed by atoms with Gasteiger partial charge in [-0.1, -0.05) is 48.5 Å². The van der Waals surface area contributed by atoms with E-state index in [1.165, 1.54) is 16.5 Å². The molecule has 0 aliphatic carbocycles. The van der Waals surface area contributed by atoms with Gasteiger partial charge in [-0.05, 0) is 53.4 Å². The molecule has 0 radical (unpaired) electrons. The van der Waals surface area contributed by atoms with Crippen molar-refractivity contribution < 1.29 is 4.74 Å². The lowest BCUT2D eigenvalue weighted by Crippen LogP contribution is -2.05. The van der Waals surface area contributed by atoms with Crippen molar-refractivity contribution in [3.05, 3.63) is 77.4 Å². The molecule has 0 aliphatic rings. The Kier molecular flexibility index (Phi) is 4.82. The maximum atomic E-state index is 9.61. The standard InChI is InChI=1S/C22H21NO/c1-16-10-11-20(14-17(16)2)24-13-12-19(15-23)22-9-5-7-18-6-3-4-8-21(18)22/h3-11,14,19H,12-13H2,1-2H3. The van der Waals surface area contributed by atoms with Gasteiger partial charge in [0.1, 0.15) is 5.75 Å². The number of nitrogens with zero attached hydrogens (tertiary/aromatic N) is 1. The maximum Gasteiger partial charge on any atom is 0.119 e. The first kappa shape index (κ1) is 16.1. The molecule has 0 fully saturated rings. The Bertz CT molecular complexity index is 887. The zero-order valence-electron chi connectivity index (χ0n) is 14.1. The largest absolute Gasteiger partial charge is 0.494 e. The Hall–Kier alpha value is -2.79. The molecule has 0 N–H and O–H groups in total. The summed E-state index contributed by atoms with van der Waals surface area (Å²) in [5.41, 5.74) is 3.56. The van der Waals surface area contributed by atoms with E-state index in [1.807, 2.05) is 30.3 Å². The second-order valence-electron chi connectivity index (χ2n) is 6.13. The van der Waals surface area contributed by atoms with Crippen molar-refractivity contribution in [3.63, 3.8) is 0 Å². The van der Waals surface area contributed by atoms with E-state index in [1.54, 1.807) is 0 Å². The second-order valence-corrected chi connectivity index (χ2v) is 6.13. The van der Waals surface area contributed by atoms with Crippen LogP contribution in [0.4, 0.5) is 0 Å². The van der Waals surface area contributed by atoms with Crippen LogP contribution in [-0.4, -0.2) is 6.61 Å². The van der Waals surface area contributed by atoms with E-state index in [-0.39, 0.29) is 5.92 Å². The third-order valence-corrected chi connectivity index (χ3v) is 4.51. The lowest BCUT2D eigenvalue weighted by molar-refractivity contribution is 0.306. The van der Waals surface area contributed by atoms with Gasteiger partial charge in [0.2, 0.25) is 0 Å². The van der Waals surface area contributed by atoms with E-state index >= 15 is 0 Å². The summed E-state index contributed by atoms with van der Waals surface area (Å²) in [7, 11) is 0. The Morgan fingerprint density at radius 1 is 0.958 bits per heavy atom. The lowest BCUT2D eigenvalue weighted by atomic mass is 9.92. The van der Waals surface area contributed by atoms with E-state index in [9.17, 15) is 5.26 Å². The first-order chi connectivity index (χ1) is 11.7. The van der Waals surface area contributed by atoms with Gasteiger partial charge in [0.25, 0.3) is 0 Å². The Morgan fingerprint density at radius 3 is 2.54 bits per heavy atom. The van der Waals surface area contributed by atoms with E-state index < -0.39 is 0 Å². The molecule has 3 rings (SSSR count). The summed E-state index contributed by atoms with van der Waals surface area (Å²) < 4.78 is 5.86. The fourth-order valence-corrected chi connectivity index (χ4v) is 2.94. The van der Waals surface area contributed by atoms with Crippen molar-refractivity contribution in [2.45, 2.75) is 26.2 Å². The monoisotopic (exact) mass is 315 g/mol. The molecule has 2 nitrogen and oxygen atoms in total. The number of hydrogen-bond donors (Lipinski definition) is 0. The van der Waals surface area contributed by atoms with Crippen LogP contribution in [0.1, 0.15) is 29.0 Å². The number of rotatable bonds is 5. The minimum absolute atomic E-state index is 0.164. The highest BCUT2D eigenvalue weighted by atomic mass is 16.5. The van der Waals surface area contributed by atoms with Crippen LogP contribution in [-0.2, 0) is 0 Å². The Labute approximate surface area is 143 Å². The molecule has 0 aromatic heterocycles. The van der Waals surface area contributed by atoms with Gasteiger partial charge in [-0.2, -0.15) is 5.26 Å². The number of hydrogen-bond acceptors (Lipinski definition) is 2. The smallest absolute Gasteiger partial charge is 0.119 e. The fraction of sp³-hybridized carbons (Fsp3) is 0.227. The van der Waals surface area contributed by atoms with E-state index in [0.29, 0.717) is 13.0 Å². The van der Waals surface area contributed by atoms with Gasteiger partial charge in [-0.15, -0.1) is 0 Å². The van der Waals surface area contributed by atoms with E-state index in [0.717, 1.165) is 16.7 Å². The second kappa shape index (κ2) is 7.19. The molecule has 0 saturated heterocycles. The SMILES string of the molecule is Cc1ccc(OCCC(C#N)c2cccc3ccccc23)cc1C. The third-order valence-electron chi connectivity index (χ3n) is 4.51. The van der Waals surface area contributed by atoms with E-state index in [4.69, 9.17) is 4.74 Å². The van der Waals surface area contributed by atoms with E-state index in [2.05, 4.69) is 50.2 Å². The van der Waals surface area contributed by atoms with Crippen molar-refractivity contribution in [2.75, 3.05) is 6.61 Å². The molecule has 0 spiro atoms. The minimum Gasteiger partial charge on any atom is -0.494 e. The van der Waals surface area contributed by atoms with Gasteiger partial charge in [0.15, 0.2) is 0 Å². The van der Waals surface area contributed by atoms with Gasteiger partial charge in [0.05, 0.1) is 18.6 Å². The Morgan fingerprint density at radius 2 is 1.75 bits per heavy atom. The van der Waals surface area contributed by atoms with Gasteiger partial charge in [-0.3, -0.25) is 0 Å². The van der Waals surface area contributed by atoms with Crippen LogP contribution in [0.2, 0.25) is 0 Å². The molecule has 3 aromatic rings. The fourth-order valence-electron chi connectivity index (χ4n) is 2.94. The van der Waals surface area contributed by atoms with Crippen LogP contribution >= 0.6 is 0 Å². The predicted molar refractivity (Wildman–Crippen MR) is 98.3 cm³/mol. The van der Waals surface area contributed by atoms with Crippen molar-refractivity contribution >= 4 is 10.8 Å². The summed E-state index contributed by atoms with van der Waals surface area (Å²) in [6.45, 7) is 4.70. The minimum atomic E-state index is -0.164. The molecular formula is C22H21NO. The molecule has 3 aromatic carbocycles. The quantitative estimate of drug-likeness (QED) is 0.620. The lowest BCUT2D eigenvalue weighted by Gasteiger charge is -2.14. The zero-order valence-corrected chi connectivity index (χ0v) is 14.1. The van der Waals surface area contributed by atoms with Crippen LogP contribution in [0.15, 0.2) is 60.7 Å². The summed E-state index contributed by atoms with van der Waals surface area (Å²) in [6, 6.07) is 22.9. The zero-order chi connectivity index (χ0) is 16.9. The summed E-state index contributed by atoms with van der Waals surface area (Å²) in [5, 5.41) is 11.9. The molecule has 0 bridgehead atoms. The molecule has 120 valence electrons. The molecule has 0 heterocycles. The van der Waals surface area contributed by atoms with Crippen LogP contribution in [0, 0.1) is 25.2 Å². The Balaban J connectivity index is 1.73. The van der Waals surface area contributed by atoms with Crippen LogP contribution in [0.25, 0.3) is 10.8 Å². The van der Waals surface area contributed by atoms with Gasteiger partial charge in [-0.25, -0.2) is 0 Å². The first-order valence-electron chi connectivity index (χ1n) is 8.26. The average molecular weight is 315 g/mol. The summed E-state index contributed by atoms with van der Waals surface area (Å²) in [6.07, 6.45) is 0.678. The summed E-state index contributed by atoms with van der Waals surface area (Å²) in [5.74, 6) is 0.704. The van der Waals surface area contributed by atoms with Gasteiger partial charge < -0.3 is 4.74 Å². The summed E-state index contributed by atoms with van der Waals surface area (Å²) in [4.78, 5) is 0. The molecule has 0 saturated carbocycles. The maximum absolute atomic E-state index is 9.61. The summed E-state index contributed by atoms with van der Waals surface area (Å²) >= 11 is 0. The first-order valence-corrected chi connectivity index (χ1v) is 8.26. The van der Waals surface area contributed by atoms with Crippen LogP contribution in [0.5, 0.6) is 5.75 Å². The number of benzene rings is 3. The predicted octanol–water partition coefficient (Wildman–Crippen LogP) is 5.53. The third kappa shape index (κ3) is 3.41. The van der Waals surface area contributed by atoms with Gasteiger partial charge >= 0.3 is 0 Å². The van der Waals surface area contributed by atoms with Crippen molar-refractivity contribution in [2.24, 2.45) is 0 Å². The highest BCUT2D eigenvalue weighted by Gasteiger charge is 2.14. The van der Waals surface area contributed by atoms with Gasteiger partial charge in [0, 0.05) is 6.42 Å². The number of fused-ring (bicyclic) bond motifs is 1.